The number of nitrogens with one attached hydrogen (secondary N) is 2. The van der Waals surface area contributed by atoms with E-state index in [4.69, 9.17) is 5.73 Å². The number of carbonyl (C=O) groups excluding carboxylic acids is 2. The van der Waals surface area contributed by atoms with Gasteiger partial charge in [0.2, 0.25) is 5.95 Å². The lowest BCUT2D eigenvalue weighted by Crippen LogP contribution is -2.30. The van der Waals surface area contributed by atoms with Crippen LogP contribution in [0.15, 0.2) is 24.3 Å². The van der Waals surface area contributed by atoms with Crippen molar-refractivity contribution >= 4 is 29.3 Å². The van der Waals surface area contributed by atoms with Crippen LogP contribution in [0.2, 0.25) is 0 Å². The molecule has 4 N–H and O–H groups in total. The Morgan fingerprint density at radius 2 is 1.85 bits per heavy atom. The SMILES string of the molecule is CN(C)C(=O)c1ccc(Nc2nnc(C(N)=O)c(NC3CCC3)n2)cc1. The van der Waals surface area contributed by atoms with Crippen LogP contribution in [0.5, 0.6) is 0 Å². The first-order valence-corrected chi connectivity index (χ1v) is 8.34. The summed E-state index contributed by atoms with van der Waals surface area (Å²) in [6.07, 6.45) is 3.18. The predicted octanol–water partition coefficient (Wildman–Crippen LogP) is 1.38. The first-order valence-electron chi connectivity index (χ1n) is 8.34. The topological polar surface area (TPSA) is 126 Å². The van der Waals surface area contributed by atoms with Crippen LogP contribution >= 0.6 is 0 Å². The Labute approximate surface area is 151 Å². The number of hydrogen-bond acceptors (Lipinski definition) is 7. The molecule has 1 aromatic heterocycles. The second kappa shape index (κ2) is 7.34. The Morgan fingerprint density at radius 1 is 1.15 bits per heavy atom. The Kier molecular flexibility index (Phi) is 4.97. The first-order chi connectivity index (χ1) is 12.4. The van der Waals surface area contributed by atoms with Crippen LogP contribution in [-0.4, -0.2) is 52.0 Å². The number of nitrogens with zero attached hydrogens (tertiary/aromatic N) is 4. The molecule has 1 saturated carbocycles. The highest BCUT2D eigenvalue weighted by Crippen LogP contribution is 2.24. The van der Waals surface area contributed by atoms with Gasteiger partial charge in [0.15, 0.2) is 11.5 Å². The van der Waals surface area contributed by atoms with Crippen molar-refractivity contribution in [2.75, 3.05) is 24.7 Å². The average Bonchev–Trinajstić information content (AvgIpc) is 2.58. The zero-order chi connectivity index (χ0) is 18.7. The molecule has 9 heteroatoms. The van der Waals surface area contributed by atoms with E-state index in [2.05, 4.69) is 25.8 Å². The molecule has 136 valence electrons. The van der Waals surface area contributed by atoms with Gasteiger partial charge in [-0.15, -0.1) is 10.2 Å². The molecule has 1 aromatic carbocycles. The Bertz CT molecular complexity index is 816. The molecule has 0 saturated heterocycles. The van der Waals surface area contributed by atoms with Crippen LogP contribution in [0.3, 0.4) is 0 Å². The average molecular weight is 355 g/mol. The molecule has 26 heavy (non-hydrogen) atoms. The molecule has 0 radical (unpaired) electrons. The molecular weight excluding hydrogens is 334 g/mol. The van der Waals surface area contributed by atoms with Crippen molar-refractivity contribution in [3.63, 3.8) is 0 Å². The van der Waals surface area contributed by atoms with Gasteiger partial charge in [0.25, 0.3) is 11.8 Å². The second-order valence-corrected chi connectivity index (χ2v) is 6.37. The van der Waals surface area contributed by atoms with Gasteiger partial charge in [-0.2, -0.15) is 4.98 Å². The lowest BCUT2D eigenvalue weighted by molar-refractivity contribution is 0.0827. The van der Waals surface area contributed by atoms with Crippen molar-refractivity contribution in [3.05, 3.63) is 35.5 Å². The smallest absolute Gasteiger partial charge is 0.273 e. The summed E-state index contributed by atoms with van der Waals surface area (Å²) in [5.74, 6) is -0.181. The number of anilines is 3. The summed E-state index contributed by atoms with van der Waals surface area (Å²) in [4.78, 5) is 29.3. The van der Waals surface area contributed by atoms with Crippen LogP contribution in [0.25, 0.3) is 0 Å². The van der Waals surface area contributed by atoms with E-state index < -0.39 is 5.91 Å². The number of benzene rings is 1. The van der Waals surface area contributed by atoms with Crippen molar-refractivity contribution in [1.29, 1.82) is 0 Å². The Morgan fingerprint density at radius 3 is 2.38 bits per heavy atom. The fraction of sp³-hybridized carbons (Fsp3) is 0.353. The number of amides is 2. The largest absolute Gasteiger partial charge is 0.365 e. The monoisotopic (exact) mass is 355 g/mol. The third-order valence-electron chi connectivity index (χ3n) is 4.16. The van der Waals surface area contributed by atoms with E-state index in [-0.39, 0.29) is 23.6 Å². The minimum absolute atomic E-state index is 0.0226. The van der Waals surface area contributed by atoms with Crippen molar-refractivity contribution in [2.24, 2.45) is 5.73 Å². The van der Waals surface area contributed by atoms with Gasteiger partial charge in [-0.1, -0.05) is 0 Å². The third kappa shape index (κ3) is 3.88. The van der Waals surface area contributed by atoms with Crippen LogP contribution in [0.4, 0.5) is 17.5 Å². The molecule has 0 bridgehead atoms. The maximum absolute atomic E-state index is 11.9. The van der Waals surface area contributed by atoms with Gasteiger partial charge >= 0.3 is 0 Å². The van der Waals surface area contributed by atoms with E-state index in [9.17, 15) is 9.59 Å². The molecule has 2 amide bonds. The molecule has 1 aliphatic carbocycles. The van der Waals surface area contributed by atoms with E-state index in [1.807, 2.05) is 0 Å². The number of nitrogens with two attached hydrogens (primary N) is 1. The quantitative estimate of drug-likeness (QED) is 0.714. The number of hydrogen-bond donors (Lipinski definition) is 3. The zero-order valence-corrected chi connectivity index (χ0v) is 14.7. The lowest BCUT2D eigenvalue weighted by atomic mass is 9.93. The second-order valence-electron chi connectivity index (χ2n) is 6.37. The number of aromatic nitrogens is 3. The normalized spacial score (nSPS) is 13.6. The Balaban J connectivity index is 1.77. The van der Waals surface area contributed by atoms with Gasteiger partial charge in [0.05, 0.1) is 0 Å². The fourth-order valence-corrected chi connectivity index (χ4v) is 2.47. The zero-order valence-electron chi connectivity index (χ0n) is 14.7. The van der Waals surface area contributed by atoms with Gasteiger partial charge < -0.3 is 21.3 Å². The fourth-order valence-electron chi connectivity index (χ4n) is 2.47. The molecule has 1 fully saturated rings. The number of primary amides is 1. The predicted molar refractivity (Wildman–Crippen MR) is 97.3 cm³/mol. The minimum atomic E-state index is -0.676. The van der Waals surface area contributed by atoms with Crippen molar-refractivity contribution < 1.29 is 9.59 Å². The maximum atomic E-state index is 11.9. The number of carbonyl (C=O) groups is 2. The summed E-state index contributed by atoms with van der Waals surface area (Å²) in [5, 5.41) is 14.0. The summed E-state index contributed by atoms with van der Waals surface area (Å²) < 4.78 is 0. The highest BCUT2D eigenvalue weighted by Gasteiger charge is 2.22. The molecule has 2 aromatic rings. The Hall–Kier alpha value is -3.23. The maximum Gasteiger partial charge on any atom is 0.273 e. The van der Waals surface area contributed by atoms with Gasteiger partial charge in [-0.05, 0) is 43.5 Å². The van der Waals surface area contributed by atoms with Crippen LogP contribution in [0.1, 0.15) is 40.1 Å². The summed E-state index contributed by atoms with van der Waals surface area (Å²) in [7, 11) is 3.40. The van der Waals surface area contributed by atoms with E-state index in [1.165, 1.54) is 4.90 Å². The summed E-state index contributed by atoms with van der Waals surface area (Å²) in [6.45, 7) is 0. The third-order valence-corrected chi connectivity index (χ3v) is 4.16. The summed E-state index contributed by atoms with van der Waals surface area (Å²) in [5.41, 5.74) is 6.64. The van der Waals surface area contributed by atoms with Gasteiger partial charge in [-0.3, -0.25) is 9.59 Å². The van der Waals surface area contributed by atoms with Crippen LogP contribution < -0.4 is 16.4 Å². The van der Waals surface area contributed by atoms with Crippen molar-refractivity contribution in [2.45, 2.75) is 25.3 Å². The van der Waals surface area contributed by atoms with E-state index in [1.54, 1.807) is 38.4 Å². The lowest BCUT2D eigenvalue weighted by Gasteiger charge is -2.27. The molecule has 3 rings (SSSR count). The molecular formula is C17H21N7O2. The van der Waals surface area contributed by atoms with E-state index in [0.29, 0.717) is 17.1 Å². The van der Waals surface area contributed by atoms with Crippen LogP contribution in [0, 0.1) is 0 Å². The molecule has 0 atom stereocenters. The summed E-state index contributed by atoms with van der Waals surface area (Å²) in [6, 6.07) is 7.20. The number of rotatable bonds is 6. The summed E-state index contributed by atoms with van der Waals surface area (Å²) >= 11 is 0. The molecule has 1 heterocycles. The van der Waals surface area contributed by atoms with Gasteiger partial charge in [-0.25, -0.2) is 0 Å². The molecule has 0 unspecified atom stereocenters. The van der Waals surface area contributed by atoms with E-state index in [0.717, 1.165) is 19.3 Å². The minimum Gasteiger partial charge on any atom is -0.365 e. The molecule has 1 aliphatic rings. The van der Waals surface area contributed by atoms with Gasteiger partial charge in [0, 0.05) is 31.4 Å². The highest BCUT2D eigenvalue weighted by atomic mass is 16.2. The van der Waals surface area contributed by atoms with Gasteiger partial charge in [0.1, 0.15) is 0 Å². The van der Waals surface area contributed by atoms with Crippen molar-refractivity contribution in [3.8, 4) is 0 Å². The van der Waals surface area contributed by atoms with E-state index >= 15 is 0 Å². The molecule has 0 aliphatic heterocycles. The standard InChI is InChI=1S/C17H21N7O2/c1-24(2)16(26)10-6-8-12(9-7-10)20-17-21-15(19-11-4-3-5-11)13(14(18)25)22-23-17/h6-9,11H,3-5H2,1-2H3,(H2,18,25)(H2,19,20,21,23). The van der Waals surface area contributed by atoms with Crippen molar-refractivity contribution in [1.82, 2.24) is 20.1 Å². The van der Waals surface area contributed by atoms with Crippen LogP contribution in [-0.2, 0) is 0 Å². The molecule has 9 nitrogen and oxygen atoms in total. The highest BCUT2D eigenvalue weighted by molar-refractivity contribution is 5.95. The molecule has 0 spiro atoms. The first kappa shape index (κ1) is 17.6.